The van der Waals surface area contributed by atoms with Gasteiger partial charge in [0.15, 0.2) is 0 Å². The average molecular weight is 331 g/mol. The summed E-state index contributed by atoms with van der Waals surface area (Å²) in [5.74, 6) is -0.461. The van der Waals surface area contributed by atoms with Crippen molar-refractivity contribution in [2.75, 3.05) is 0 Å². The van der Waals surface area contributed by atoms with Crippen LogP contribution < -0.4 is 9.47 Å². The van der Waals surface area contributed by atoms with Crippen molar-refractivity contribution in [3.8, 4) is 11.5 Å². The molecule has 1 fully saturated rings. The molecule has 114 valence electrons. The predicted molar refractivity (Wildman–Crippen MR) is 79.8 cm³/mol. The second-order valence-electron chi connectivity index (χ2n) is 4.95. The Morgan fingerprint density at radius 2 is 1.67 bits per heavy atom. The second-order valence-corrected chi connectivity index (χ2v) is 6.05. The third-order valence-corrected chi connectivity index (χ3v) is 3.72. The van der Waals surface area contributed by atoms with Crippen LogP contribution in [-0.4, -0.2) is 16.8 Å². The van der Waals surface area contributed by atoms with E-state index in [1.807, 2.05) is 0 Å². The van der Waals surface area contributed by atoms with Crippen molar-refractivity contribution >= 4 is 35.1 Å². The van der Waals surface area contributed by atoms with E-state index in [0.29, 0.717) is 5.75 Å². The van der Waals surface area contributed by atoms with Crippen LogP contribution in [-0.2, 0) is 9.59 Å². The van der Waals surface area contributed by atoms with Crippen molar-refractivity contribution in [1.82, 2.24) is 0 Å². The van der Waals surface area contributed by atoms with Gasteiger partial charge in [-0.1, -0.05) is 48.5 Å². The monoisotopic (exact) mass is 330 g/mol. The van der Waals surface area contributed by atoms with Crippen LogP contribution in [0.3, 0.4) is 0 Å². The molecule has 1 aliphatic rings. The molecule has 0 heterocycles. The van der Waals surface area contributed by atoms with Crippen LogP contribution in [0.5, 0.6) is 11.5 Å². The maximum absolute atomic E-state index is 12.0. The molecular weight excluding hydrogens is 315 g/mol. The lowest BCUT2D eigenvalue weighted by atomic mass is 9.89. The third kappa shape index (κ3) is 4.90. The van der Waals surface area contributed by atoms with Crippen molar-refractivity contribution < 1.29 is 19.1 Å². The molecule has 0 aromatic heterocycles. The number of carbonyl (C=O) groups is 2. The van der Waals surface area contributed by atoms with E-state index in [1.54, 1.807) is 18.2 Å². The Labute approximate surface area is 133 Å². The van der Waals surface area contributed by atoms with Gasteiger partial charge in [0.25, 0.3) is 0 Å². The molecule has 1 aliphatic carbocycles. The van der Waals surface area contributed by atoms with Crippen LogP contribution in [0.1, 0.15) is 32.1 Å². The van der Waals surface area contributed by atoms with Gasteiger partial charge in [-0.15, -0.1) is 0 Å². The zero-order valence-electron chi connectivity index (χ0n) is 11.4. The largest absolute Gasteiger partial charge is 0.426 e. The minimum atomic E-state index is -1.25. The van der Waals surface area contributed by atoms with E-state index in [4.69, 9.17) is 32.7 Å². The van der Waals surface area contributed by atoms with Crippen LogP contribution >= 0.6 is 23.2 Å². The van der Waals surface area contributed by atoms with Crippen LogP contribution in [0.2, 0.25) is 0 Å². The Hall–Kier alpha value is -1.26. The van der Waals surface area contributed by atoms with Gasteiger partial charge in [0, 0.05) is 6.07 Å². The first-order chi connectivity index (χ1) is 10.1. The van der Waals surface area contributed by atoms with E-state index in [9.17, 15) is 9.59 Å². The molecule has 0 saturated heterocycles. The molecule has 1 aromatic carbocycles. The minimum Gasteiger partial charge on any atom is -0.426 e. The number of carbonyl (C=O) groups excluding carboxylic acids is 2. The topological polar surface area (TPSA) is 52.6 Å². The maximum atomic E-state index is 12.0. The number of hydrogen-bond donors (Lipinski definition) is 0. The highest BCUT2D eigenvalue weighted by Gasteiger charge is 2.23. The fourth-order valence-electron chi connectivity index (χ4n) is 2.30. The highest BCUT2D eigenvalue weighted by Crippen LogP contribution is 2.27. The Morgan fingerprint density at radius 1 is 1.05 bits per heavy atom. The zero-order chi connectivity index (χ0) is 15.2. The molecule has 0 amide bonds. The van der Waals surface area contributed by atoms with E-state index in [2.05, 4.69) is 0 Å². The standard InChI is InChI=1S/C15H16Cl2O4/c16-13(17)15(19)21-12-8-4-7-11(9-12)20-14(18)10-5-2-1-3-6-10/h4,7-10,13H,1-3,5-6H2. The second kappa shape index (κ2) is 7.66. The van der Waals surface area contributed by atoms with E-state index in [1.165, 1.54) is 12.5 Å². The van der Waals surface area contributed by atoms with Crippen molar-refractivity contribution in [2.45, 2.75) is 36.9 Å². The molecular formula is C15H16Cl2O4. The Balaban J connectivity index is 1.97. The Bertz CT molecular complexity index is 510. The highest BCUT2D eigenvalue weighted by atomic mass is 35.5. The first-order valence-electron chi connectivity index (χ1n) is 6.88. The molecule has 0 radical (unpaired) electrons. The van der Waals surface area contributed by atoms with E-state index in [-0.39, 0.29) is 17.6 Å². The summed E-state index contributed by atoms with van der Waals surface area (Å²) >= 11 is 10.8. The number of hydrogen-bond acceptors (Lipinski definition) is 4. The molecule has 21 heavy (non-hydrogen) atoms. The third-order valence-electron chi connectivity index (χ3n) is 3.36. The molecule has 1 aromatic rings. The van der Waals surface area contributed by atoms with Gasteiger partial charge in [-0.25, -0.2) is 4.79 Å². The number of halogens is 2. The SMILES string of the molecule is O=C(Oc1cccc(OC(=O)C2CCCCC2)c1)C(Cl)Cl. The van der Waals surface area contributed by atoms with E-state index in [0.717, 1.165) is 25.7 Å². The molecule has 0 bridgehead atoms. The van der Waals surface area contributed by atoms with Crippen LogP contribution in [0.25, 0.3) is 0 Å². The maximum Gasteiger partial charge on any atom is 0.344 e. The molecule has 0 aliphatic heterocycles. The minimum absolute atomic E-state index is 0.0416. The molecule has 1 saturated carbocycles. The van der Waals surface area contributed by atoms with Crippen LogP contribution in [0.4, 0.5) is 0 Å². The summed E-state index contributed by atoms with van der Waals surface area (Å²) in [6, 6.07) is 6.29. The predicted octanol–water partition coefficient (Wildman–Crippen LogP) is 3.88. The number of esters is 2. The fourth-order valence-corrected chi connectivity index (χ4v) is 2.39. The van der Waals surface area contributed by atoms with Gasteiger partial charge in [-0.3, -0.25) is 4.79 Å². The van der Waals surface area contributed by atoms with Gasteiger partial charge in [-0.2, -0.15) is 0 Å². The van der Waals surface area contributed by atoms with Gasteiger partial charge in [-0.05, 0) is 25.0 Å². The van der Waals surface area contributed by atoms with Crippen molar-refractivity contribution in [1.29, 1.82) is 0 Å². The lowest BCUT2D eigenvalue weighted by molar-refractivity contribution is -0.140. The Kier molecular flexibility index (Phi) is 5.88. The van der Waals surface area contributed by atoms with Crippen molar-refractivity contribution in [3.63, 3.8) is 0 Å². The van der Waals surface area contributed by atoms with Crippen LogP contribution in [0.15, 0.2) is 24.3 Å². The summed E-state index contributed by atoms with van der Waals surface area (Å²) in [6.07, 6.45) is 5.03. The average Bonchev–Trinajstić information content (AvgIpc) is 2.48. The Morgan fingerprint density at radius 3 is 2.29 bits per heavy atom. The molecule has 0 N–H and O–H groups in total. The molecule has 6 heteroatoms. The lowest BCUT2D eigenvalue weighted by Gasteiger charge is -2.19. The summed E-state index contributed by atoms with van der Waals surface area (Å²) in [4.78, 5) is 22.1. The normalized spacial score (nSPS) is 15.8. The smallest absolute Gasteiger partial charge is 0.344 e. The van der Waals surface area contributed by atoms with Crippen molar-refractivity contribution in [3.05, 3.63) is 24.3 Å². The van der Waals surface area contributed by atoms with Gasteiger partial charge < -0.3 is 9.47 Å². The number of rotatable bonds is 4. The van der Waals surface area contributed by atoms with Crippen LogP contribution in [0, 0.1) is 5.92 Å². The number of benzene rings is 1. The summed E-state index contributed by atoms with van der Waals surface area (Å²) in [5, 5.41) is 0. The van der Waals surface area contributed by atoms with Gasteiger partial charge >= 0.3 is 11.9 Å². The van der Waals surface area contributed by atoms with Gasteiger partial charge in [0.05, 0.1) is 5.92 Å². The molecule has 4 nitrogen and oxygen atoms in total. The number of alkyl halides is 2. The lowest BCUT2D eigenvalue weighted by Crippen LogP contribution is -2.22. The summed E-state index contributed by atoms with van der Waals surface area (Å²) in [7, 11) is 0. The zero-order valence-corrected chi connectivity index (χ0v) is 12.9. The fraction of sp³-hybridized carbons (Fsp3) is 0.467. The molecule has 2 rings (SSSR count). The van der Waals surface area contributed by atoms with E-state index >= 15 is 0 Å². The summed E-state index contributed by atoms with van der Waals surface area (Å²) in [6.45, 7) is 0. The first-order valence-corrected chi connectivity index (χ1v) is 7.75. The van der Waals surface area contributed by atoms with Gasteiger partial charge in [0.1, 0.15) is 11.5 Å². The summed E-state index contributed by atoms with van der Waals surface area (Å²) in [5.41, 5.74) is 0. The molecule has 0 unspecified atom stereocenters. The van der Waals surface area contributed by atoms with Gasteiger partial charge in [0.2, 0.25) is 4.84 Å². The molecule has 0 spiro atoms. The van der Waals surface area contributed by atoms with E-state index < -0.39 is 10.8 Å². The quantitative estimate of drug-likeness (QED) is 0.477. The number of ether oxygens (including phenoxy) is 2. The highest BCUT2D eigenvalue weighted by molar-refractivity contribution is 6.53. The molecule has 0 atom stereocenters. The first kappa shape index (κ1) is 16.1. The summed E-state index contributed by atoms with van der Waals surface area (Å²) < 4.78 is 10.3. The van der Waals surface area contributed by atoms with Crippen molar-refractivity contribution in [2.24, 2.45) is 5.92 Å².